The first-order valence-corrected chi connectivity index (χ1v) is 15.5. The standard InChI is InChI=1S/C32H40ClN3O4S/c1-8-28(31(38)34-32(5,6)7)35(20-25-14-16-26(33)17-15-25)30(37)21-36(29-11-9-10-23(3)24(29)4)41(39,40)27-18-12-22(2)13-19-27/h9-19,28H,8,20-21H2,1-7H3,(H,34,38). The van der Waals surface area contributed by atoms with Crippen molar-refractivity contribution in [2.75, 3.05) is 10.8 Å². The van der Waals surface area contributed by atoms with Gasteiger partial charge in [-0.1, -0.05) is 60.5 Å². The molecule has 0 aliphatic rings. The van der Waals surface area contributed by atoms with Crippen LogP contribution in [0.2, 0.25) is 5.02 Å². The molecule has 1 atom stereocenters. The predicted octanol–water partition coefficient (Wildman–Crippen LogP) is 6.18. The smallest absolute Gasteiger partial charge is 0.264 e. The van der Waals surface area contributed by atoms with Crippen LogP contribution in [0, 0.1) is 20.8 Å². The molecule has 0 radical (unpaired) electrons. The highest BCUT2D eigenvalue weighted by atomic mass is 35.5. The lowest BCUT2D eigenvalue weighted by atomic mass is 10.1. The molecule has 0 aliphatic carbocycles. The van der Waals surface area contributed by atoms with Gasteiger partial charge >= 0.3 is 0 Å². The molecular weight excluding hydrogens is 558 g/mol. The Hall–Kier alpha value is -3.36. The van der Waals surface area contributed by atoms with E-state index in [4.69, 9.17) is 11.6 Å². The summed E-state index contributed by atoms with van der Waals surface area (Å²) in [5, 5.41) is 3.53. The van der Waals surface area contributed by atoms with Crippen LogP contribution in [0.15, 0.2) is 71.6 Å². The molecule has 41 heavy (non-hydrogen) atoms. The SMILES string of the molecule is CCC(C(=O)NC(C)(C)C)N(Cc1ccc(Cl)cc1)C(=O)CN(c1cccc(C)c1C)S(=O)(=O)c1ccc(C)cc1. The number of amides is 2. The molecule has 3 aromatic carbocycles. The number of carbonyl (C=O) groups excluding carboxylic acids is 2. The fraction of sp³-hybridized carbons (Fsp3) is 0.375. The van der Waals surface area contributed by atoms with Crippen LogP contribution in [0.25, 0.3) is 0 Å². The van der Waals surface area contributed by atoms with E-state index in [1.165, 1.54) is 4.90 Å². The third-order valence-corrected chi connectivity index (χ3v) is 8.91. The fourth-order valence-electron chi connectivity index (χ4n) is 4.52. The third-order valence-electron chi connectivity index (χ3n) is 6.88. The van der Waals surface area contributed by atoms with Crippen molar-refractivity contribution in [2.24, 2.45) is 0 Å². The summed E-state index contributed by atoms with van der Waals surface area (Å²) in [6.07, 6.45) is 0.343. The number of aryl methyl sites for hydroxylation is 2. The van der Waals surface area contributed by atoms with E-state index in [9.17, 15) is 18.0 Å². The highest BCUT2D eigenvalue weighted by Crippen LogP contribution is 2.29. The zero-order valence-corrected chi connectivity index (χ0v) is 26.4. The van der Waals surface area contributed by atoms with E-state index in [1.807, 2.05) is 54.5 Å². The number of sulfonamides is 1. The molecule has 1 unspecified atom stereocenters. The van der Waals surface area contributed by atoms with E-state index in [1.54, 1.807) is 60.7 Å². The minimum Gasteiger partial charge on any atom is -0.350 e. The highest BCUT2D eigenvalue weighted by Gasteiger charge is 2.35. The van der Waals surface area contributed by atoms with Gasteiger partial charge in [-0.2, -0.15) is 0 Å². The van der Waals surface area contributed by atoms with E-state index < -0.39 is 34.1 Å². The Morgan fingerprint density at radius 1 is 0.927 bits per heavy atom. The number of rotatable bonds is 10. The van der Waals surface area contributed by atoms with Gasteiger partial charge in [0.2, 0.25) is 11.8 Å². The zero-order valence-electron chi connectivity index (χ0n) is 24.9. The van der Waals surface area contributed by atoms with Crippen molar-refractivity contribution in [3.05, 3.63) is 94.0 Å². The molecule has 0 saturated carbocycles. The van der Waals surface area contributed by atoms with Gasteiger partial charge in [0, 0.05) is 17.1 Å². The molecule has 3 rings (SSSR count). The summed E-state index contributed by atoms with van der Waals surface area (Å²) >= 11 is 6.09. The second-order valence-corrected chi connectivity index (χ2v) is 13.7. The summed E-state index contributed by atoms with van der Waals surface area (Å²) in [6.45, 7) is 12.7. The maximum Gasteiger partial charge on any atom is 0.264 e. The first kappa shape index (κ1) is 32.2. The summed E-state index contributed by atoms with van der Waals surface area (Å²) < 4.78 is 29.3. The van der Waals surface area contributed by atoms with E-state index in [0.717, 1.165) is 26.6 Å². The van der Waals surface area contributed by atoms with Gasteiger partial charge in [-0.25, -0.2) is 8.42 Å². The summed E-state index contributed by atoms with van der Waals surface area (Å²) in [5.41, 5.74) is 3.23. The molecule has 0 bridgehead atoms. The topological polar surface area (TPSA) is 86.8 Å². The number of nitrogens with one attached hydrogen (secondary N) is 1. The van der Waals surface area contributed by atoms with Gasteiger partial charge in [-0.15, -0.1) is 0 Å². The highest BCUT2D eigenvalue weighted by molar-refractivity contribution is 7.92. The second-order valence-electron chi connectivity index (χ2n) is 11.4. The van der Waals surface area contributed by atoms with Crippen molar-refractivity contribution in [1.29, 1.82) is 0 Å². The summed E-state index contributed by atoms with van der Waals surface area (Å²) in [7, 11) is -4.13. The maximum atomic E-state index is 14.2. The lowest BCUT2D eigenvalue weighted by molar-refractivity contribution is -0.141. The van der Waals surface area contributed by atoms with E-state index in [2.05, 4.69) is 5.32 Å². The van der Waals surface area contributed by atoms with Crippen LogP contribution in [-0.2, 0) is 26.2 Å². The summed E-state index contributed by atoms with van der Waals surface area (Å²) in [6, 6.07) is 18.1. The van der Waals surface area contributed by atoms with Gasteiger partial charge in [0.1, 0.15) is 12.6 Å². The Kier molecular flexibility index (Phi) is 10.3. The van der Waals surface area contributed by atoms with Crippen molar-refractivity contribution in [2.45, 2.75) is 77.9 Å². The maximum absolute atomic E-state index is 14.2. The molecule has 7 nitrogen and oxygen atoms in total. The average molecular weight is 598 g/mol. The monoisotopic (exact) mass is 597 g/mol. The van der Waals surface area contributed by atoms with E-state index >= 15 is 0 Å². The van der Waals surface area contributed by atoms with Gasteiger partial charge in [0.25, 0.3) is 10.0 Å². The van der Waals surface area contributed by atoms with Crippen molar-refractivity contribution in [1.82, 2.24) is 10.2 Å². The molecule has 220 valence electrons. The van der Waals surface area contributed by atoms with Gasteiger partial charge < -0.3 is 10.2 Å². The Bertz CT molecular complexity index is 1480. The van der Waals surface area contributed by atoms with Gasteiger partial charge in [0.05, 0.1) is 10.6 Å². The molecule has 1 N–H and O–H groups in total. The number of halogens is 1. The lowest BCUT2D eigenvalue weighted by Crippen LogP contribution is -2.55. The van der Waals surface area contributed by atoms with Gasteiger partial charge in [-0.05, 0) is 95.0 Å². The Morgan fingerprint density at radius 2 is 1.54 bits per heavy atom. The van der Waals surface area contributed by atoms with Crippen molar-refractivity contribution < 1.29 is 18.0 Å². The average Bonchev–Trinajstić information content (AvgIpc) is 2.89. The fourth-order valence-corrected chi connectivity index (χ4v) is 6.11. The van der Waals surface area contributed by atoms with Crippen molar-refractivity contribution in [3.63, 3.8) is 0 Å². The molecule has 0 spiro atoms. The number of hydrogen-bond acceptors (Lipinski definition) is 4. The Balaban J connectivity index is 2.11. The molecule has 2 amide bonds. The second kappa shape index (κ2) is 13.1. The van der Waals surface area contributed by atoms with Crippen molar-refractivity contribution in [3.8, 4) is 0 Å². The number of carbonyl (C=O) groups is 2. The summed E-state index contributed by atoms with van der Waals surface area (Å²) in [4.78, 5) is 29.2. The number of nitrogens with zero attached hydrogens (tertiary/aromatic N) is 2. The Morgan fingerprint density at radius 3 is 2.10 bits per heavy atom. The van der Waals surface area contributed by atoms with Crippen LogP contribution < -0.4 is 9.62 Å². The molecule has 0 saturated heterocycles. The third kappa shape index (κ3) is 8.11. The van der Waals surface area contributed by atoms with Crippen LogP contribution >= 0.6 is 11.6 Å². The normalized spacial score (nSPS) is 12.5. The Labute approximate surface area is 249 Å². The lowest BCUT2D eigenvalue weighted by Gasteiger charge is -2.35. The molecule has 0 fully saturated rings. The number of hydrogen-bond donors (Lipinski definition) is 1. The van der Waals surface area contributed by atoms with Crippen molar-refractivity contribution >= 4 is 39.1 Å². The quantitative estimate of drug-likeness (QED) is 0.302. The molecule has 9 heteroatoms. The number of benzene rings is 3. The van der Waals surface area contributed by atoms with E-state index in [0.29, 0.717) is 17.1 Å². The zero-order chi connectivity index (χ0) is 30.5. The molecule has 0 heterocycles. The molecule has 0 aliphatic heterocycles. The molecular formula is C32H40ClN3O4S. The predicted molar refractivity (Wildman–Crippen MR) is 166 cm³/mol. The minimum atomic E-state index is -4.13. The first-order valence-electron chi connectivity index (χ1n) is 13.7. The molecule has 3 aromatic rings. The molecule has 0 aromatic heterocycles. The van der Waals surface area contributed by atoms with Crippen LogP contribution in [-0.4, -0.2) is 43.3 Å². The van der Waals surface area contributed by atoms with Crippen LogP contribution in [0.1, 0.15) is 56.4 Å². The van der Waals surface area contributed by atoms with E-state index in [-0.39, 0.29) is 17.3 Å². The van der Waals surface area contributed by atoms with Crippen LogP contribution in [0.5, 0.6) is 0 Å². The van der Waals surface area contributed by atoms with Crippen LogP contribution in [0.3, 0.4) is 0 Å². The van der Waals surface area contributed by atoms with Gasteiger partial charge in [0.15, 0.2) is 0 Å². The van der Waals surface area contributed by atoms with Crippen LogP contribution in [0.4, 0.5) is 5.69 Å². The minimum absolute atomic E-state index is 0.0820. The summed E-state index contributed by atoms with van der Waals surface area (Å²) in [5.74, 6) is -0.797. The largest absolute Gasteiger partial charge is 0.350 e. The van der Waals surface area contributed by atoms with Gasteiger partial charge in [-0.3, -0.25) is 13.9 Å². The number of anilines is 1. The first-order chi connectivity index (χ1) is 19.1.